The Hall–Kier alpha value is -0.980. The van der Waals surface area contributed by atoms with E-state index in [-0.39, 0.29) is 5.60 Å². The molecule has 1 heterocycles. The molecule has 0 unspecified atom stereocenters. The quantitative estimate of drug-likeness (QED) is 0.570. The maximum Gasteiger partial charge on any atom is 0.132 e. The van der Waals surface area contributed by atoms with Crippen LogP contribution in [0.4, 0.5) is 0 Å². The topological polar surface area (TPSA) is 9.23 Å². The molecule has 1 aliphatic heterocycles. The SMILES string of the molecule is Cc1cc(C)c2c(c1)OC2(C)C. The van der Waals surface area contributed by atoms with E-state index in [1.807, 2.05) is 0 Å². The summed E-state index contributed by atoms with van der Waals surface area (Å²) in [7, 11) is 0. The van der Waals surface area contributed by atoms with E-state index in [4.69, 9.17) is 4.74 Å². The molecule has 0 saturated heterocycles. The van der Waals surface area contributed by atoms with Crippen molar-refractivity contribution in [2.24, 2.45) is 0 Å². The predicted molar refractivity (Wildman–Crippen MR) is 49.6 cm³/mol. The summed E-state index contributed by atoms with van der Waals surface area (Å²) in [5.41, 5.74) is 3.93. The third kappa shape index (κ3) is 0.857. The molecule has 0 amide bonds. The van der Waals surface area contributed by atoms with Crippen molar-refractivity contribution < 1.29 is 4.74 Å². The van der Waals surface area contributed by atoms with Crippen LogP contribution in [-0.2, 0) is 5.60 Å². The molecule has 0 spiro atoms. The van der Waals surface area contributed by atoms with Crippen molar-refractivity contribution in [3.63, 3.8) is 0 Å². The smallest absolute Gasteiger partial charge is 0.132 e. The lowest BCUT2D eigenvalue weighted by atomic mass is 9.86. The van der Waals surface area contributed by atoms with Gasteiger partial charge in [0.2, 0.25) is 0 Å². The van der Waals surface area contributed by atoms with E-state index in [0.29, 0.717) is 0 Å². The highest BCUT2D eigenvalue weighted by molar-refractivity contribution is 5.51. The lowest BCUT2D eigenvalue weighted by Gasteiger charge is -2.40. The zero-order chi connectivity index (χ0) is 8.93. The van der Waals surface area contributed by atoms with Crippen LogP contribution in [0.25, 0.3) is 0 Å². The molecular weight excluding hydrogens is 148 g/mol. The zero-order valence-electron chi connectivity index (χ0n) is 8.06. The molecule has 2 rings (SSSR count). The van der Waals surface area contributed by atoms with Gasteiger partial charge >= 0.3 is 0 Å². The van der Waals surface area contributed by atoms with Crippen molar-refractivity contribution in [2.75, 3.05) is 0 Å². The van der Waals surface area contributed by atoms with Crippen LogP contribution in [0, 0.1) is 13.8 Å². The van der Waals surface area contributed by atoms with Crippen LogP contribution >= 0.6 is 0 Å². The second-order valence-electron chi connectivity index (χ2n) is 4.07. The number of rotatable bonds is 0. The highest BCUT2D eigenvalue weighted by Gasteiger charge is 2.37. The average Bonchev–Trinajstić information content (AvgIpc) is 1.81. The van der Waals surface area contributed by atoms with E-state index < -0.39 is 0 Å². The van der Waals surface area contributed by atoms with Crippen LogP contribution in [0.15, 0.2) is 12.1 Å². The minimum atomic E-state index is -0.0624. The summed E-state index contributed by atoms with van der Waals surface area (Å²) in [6.45, 7) is 8.47. The number of aryl methyl sites for hydroxylation is 2. The Bertz CT molecular complexity index is 320. The van der Waals surface area contributed by atoms with Gasteiger partial charge in [-0.05, 0) is 44.9 Å². The summed E-state index contributed by atoms with van der Waals surface area (Å²) in [6, 6.07) is 4.32. The molecule has 0 atom stereocenters. The van der Waals surface area contributed by atoms with Crippen molar-refractivity contribution in [3.05, 3.63) is 28.8 Å². The van der Waals surface area contributed by atoms with Gasteiger partial charge in [0.25, 0.3) is 0 Å². The largest absolute Gasteiger partial charge is 0.483 e. The van der Waals surface area contributed by atoms with Crippen LogP contribution in [0.2, 0.25) is 0 Å². The molecule has 0 fully saturated rings. The molecule has 0 aliphatic carbocycles. The summed E-state index contributed by atoms with van der Waals surface area (Å²) in [5.74, 6) is 1.07. The number of hydrogen-bond acceptors (Lipinski definition) is 1. The van der Waals surface area contributed by atoms with Gasteiger partial charge in [-0.1, -0.05) is 6.07 Å². The van der Waals surface area contributed by atoms with Crippen LogP contribution in [0.5, 0.6) is 5.75 Å². The maximum atomic E-state index is 5.63. The number of hydrogen-bond donors (Lipinski definition) is 0. The highest BCUT2D eigenvalue weighted by Crippen LogP contribution is 2.45. The van der Waals surface area contributed by atoms with E-state index in [0.717, 1.165) is 5.75 Å². The molecule has 1 aromatic carbocycles. The number of ether oxygens (including phenoxy) is 1. The van der Waals surface area contributed by atoms with E-state index in [9.17, 15) is 0 Å². The summed E-state index contributed by atoms with van der Waals surface area (Å²) in [6.07, 6.45) is 0. The van der Waals surface area contributed by atoms with Gasteiger partial charge in [-0.25, -0.2) is 0 Å². The first-order chi connectivity index (χ1) is 5.50. The molecule has 0 radical (unpaired) electrons. The normalized spacial score (nSPS) is 17.7. The first-order valence-electron chi connectivity index (χ1n) is 4.31. The van der Waals surface area contributed by atoms with E-state index in [1.165, 1.54) is 16.7 Å². The third-order valence-electron chi connectivity index (χ3n) is 2.41. The molecule has 12 heavy (non-hydrogen) atoms. The first kappa shape index (κ1) is 7.66. The van der Waals surface area contributed by atoms with Crippen molar-refractivity contribution >= 4 is 0 Å². The Labute approximate surface area is 73.4 Å². The second kappa shape index (κ2) is 2.03. The maximum absolute atomic E-state index is 5.63. The molecule has 0 saturated carbocycles. The zero-order valence-corrected chi connectivity index (χ0v) is 8.06. The van der Waals surface area contributed by atoms with Crippen molar-refractivity contribution in [1.82, 2.24) is 0 Å². The molecule has 1 heteroatoms. The average molecular weight is 162 g/mol. The van der Waals surface area contributed by atoms with Gasteiger partial charge in [-0.2, -0.15) is 0 Å². The Balaban J connectivity index is 2.61. The Morgan fingerprint density at radius 1 is 1.17 bits per heavy atom. The van der Waals surface area contributed by atoms with Gasteiger partial charge in [-0.15, -0.1) is 0 Å². The van der Waals surface area contributed by atoms with Crippen molar-refractivity contribution in [1.29, 1.82) is 0 Å². The van der Waals surface area contributed by atoms with Crippen LogP contribution in [0.1, 0.15) is 30.5 Å². The molecule has 0 bridgehead atoms. The van der Waals surface area contributed by atoms with Crippen molar-refractivity contribution in [3.8, 4) is 5.75 Å². The fourth-order valence-corrected chi connectivity index (χ4v) is 2.06. The molecule has 0 N–H and O–H groups in total. The fourth-order valence-electron chi connectivity index (χ4n) is 2.06. The standard InChI is InChI=1S/C11H14O/c1-7-5-8(2)10-9(6-7)12-11(10,3)4/h5-6H,1-4H3. The van der Waals surface area contributed by atoms with Gasteiger partial charge in [0, 0.05) is 5.56 Å². The molecule has 0 aromatic heterocycles. The van der Waals surface area contributed by atoms with Crippen LogP contribution in [-0.4, -0.2) is 0 Å². The fraction of sp³-hybridized carbons (Fsp3) is 0.455. The van der Waals surface area contributed by atoms with Crippen LogP contribution in [0.3, 0.4) is 0 Å². The number of benzene rings is 1. The minimum Gasteiger partial charge on any atom is -0.483 e. The highest BCUT2D eigenvalue weighted by atomic mass is 16.5. The monoisotopic (exact) mass is 162 g/mol. The van der Waals surface area contributed by atoms with Gasteiger partial charge in [-0.3, -0.25) is 0 Å². The Morgan fingerprint density at radius 3 is 2.33 bits per heavy atom. The van der Waals surface area contributed by atoms with Crippen molar-refractivity contribution in [2.45, 2.75) is 33.3 Å². The molecule has 64 valence electrons. The van der Waals surface area contributed by atoms with E-state index in [2.05, 4.69) is 39.8 Å². The number of fused-ring (bicyclic) bond motifs is 1. The van der Waals surface area contributed by atoms with Gasteiger partial charge in [0.15, 0.2) is 0 Å². The van der Waals surface area contributed by atoms with Gasteiger partial charge in [0.1, 0.15) is 11.4 Å². The lowest BCUT2D eigenvalue weighted by molar-refractivity contribution is 0.0506. The van der Waals surface area contributed by atoms with Gasteiger partial charge < -0.3 is 4.74 Å². The molecule has 1 aliphatic rings. The summed E-state index contributed by atoms with van der Waals surface area (Å²) in [4.78, 5) is 0. The summed E-state index contributed by atoms with van der Waals surface area (Å²) >= 11 is 0. The molecular formula is C11H14O. The summed E-state index contributed by atoms with van der Waals surface area (Å²) < 4.78 is 5.63. The van der Waals surface area contributed by atoms with Gasteiger partial charge in [0.05, 0.1) is 0 Å². The third-order valence-corrected chi connectivity index (χ3v) is 2.41. The van der Waals surface area contributed by atoms with E-state index >= 15 is 0 Å². The predicted octanol–water partition coefficient (Wildman–Crippen LogP) is 2.93. The molecule has 1 nitrogen and oxygen atoms in total. The second-order valence-corrected chi connectivity index (χ2v) is 4.07. The van der Waals surface area contributed by atoms with Crippen LogP contribution < -0.4 is 4.74 Å². The summed E-state index contributed by atoms with van der Waals surface area (Å²) in [5, 5.41) is 0. The molecule has 1 aromatic rings. The Morgan fingerprint density at radius 2 is 1.83 bits per heavy atom. The Kier molecular flexibility index (Phi) is 1.30. The van der Waals surface area contributed by atoms with E-state index in [1.54, 1.807) is 0 Å². The first-order valence-corrected chi connectivity index (χ1v) is 4.31. The lowest BCUT2D eigenvalue weighted by Crippen LogP contribution is -2.36. The minimum absolute atomic E-state index is 0.0624.